The van der Waals surface area contributed by atoms with Gasteiger partial charge in [0.1, 0.15) is 12.0 Å². The average molecular weight is 183 g/mol. The van der Waals surface area contributed by atoms with E-state index in [1.54, 1.807) is 18.0 Å². The fraction of sp³-hybridized carbons (Fsp3) is 0.444. The van der Waals surface area contributed by atoms with Crippen LogP contribution in [0.25, 0.3) is 6.08 Å². The van der Waals surface area contributed by atoms with Gasteiger partial charge in [0.15, 0.2) is 0 Å². The zero-order chi connectivity index (χ0) is 8.81. The summed E-state index contributed by atoms with van der Waals surface area (Å²) in [6.45, 7) is 4.22. The zero-order valence-electron chi connectivity index (χ0n) is 7.41. The minimum Gasteiger partial charge on any atom is -0.364 e. The number of hydrogen-bond acceptors (Lipinski definition) is 3. The molecule has 0 aromatic carbocycles. The van der Waals surface area contributed by atoms with Crippen LogP contribution in [0.1, 0.15) is 25.1 Å². The molecule has 0 bridgehead atoms. The molecule has 0 aliphatic heterocycles. The summed E-state index contributed by atoms with van der Waals surface area (Å²) >= 11 is 1.76. The second-order valence-electron chi connectivity index (χ2n) is 2.34. The maximum Gasteiger partial charge on any atom is 0.127 e. The van der Waals surface area contributed by atoms with Gasteiger partial charge in [-0.25, -0.2) is 0 Å². The van der Waals surface area contributed by atoms with E-state index in [2.05, 4.69) is 24.4 Å². The van der Waals surface area contributed by atoms with Gasteiger partial charge in [-0.2, -0.15) is 0 Å². The zero-order valence-corrected chi connectivity index (χ0v) is 8.23. The minimum atomic E-state index is 0.957. The van der Waals surface area contributed by atoms with Crippen LogP contribution in [0, 0.1) is 0 Å². The molecular formula is C9H13NOS. The summed E-state index contributed by atoms with van der Waals surface area (Å²) in [7, 11) is 0. The van der Waals surface area contributed by atoms with Gasteiger partial charge in [-0.15, -0.1) is 11.8 Å². The monoisotopic (exact) mass is 183 g/mol. The van der Waals surface area contributed by atoms with E-state index in [0.717, 1.165) is 17.9 Å². The average Bonchev–Trinajstić information content (AvgIpc) is 2.52. The van der Waals surface area contributed by atoms with Gasteiger partial charge in [-0.3, -0.25) is 0 Å². The summed E-state index contributed by atoms with van der Waals surface area (Å²) in [5.41, 5.74) is 2.13. The number of rotatable bonds is 4. The Morgan fingerprint density at radius 1 is 1.58 bits per heavy atom. The van der Waals surface area contributed by atoms with Crippen LogP contribution >= 0.6 is 11.8 Å². The van der Waals surface area contributed by atoms with E-state index in [9.17, 15) is 0 Å². The molecule has 0 unspecified atom stereocenters. The Kier molecular flexibility index (Phi) is 3.94. The van der Waals surface area contributed by atoms with E-state index in [-0.39, 0.29) is 0 Å². The van der Waals surface area contributed by atoms with Crippen molar-refractivity contribution in [2.24, 2.45) is 0 Å². The standard InChI is InChI=1S/C9H13NOS/c1-3-8-7-11-10-9(8)5-6-12-4-2/h5-7H,3-4H2,1-2H3. The van der Waals surface area contributed by atoms with E-state index in [1.807, 2.05) is 6.08 Å². The molecular weight excluding hydrogens is 170 g/mol. The smallest absolute Gasteiger partial charge is 0.127 e. The molecule has 0 atom stereocenters. The third kappa shape index (κ3) is 2.41. The fourth-order valence-electron chi connectivity index (χ4n) is 0.876. The molecule has 0 fully saturated rings. The van der Waals surface area contributed by atoms with Crippen LogP contribution in [-0.2, 0) is 6.42 Å². The van der Waals surface area contributed by atoms with Gasteiger partial charge < -0.3 is 4.52 Å². The van der Waals surface area contributed by atoms with Gasteiger partial charge in [0.05, 0.1) is 0 Å². The molecule has 0 aliphatic rings. The van der Waals surface area contributed by atoms with Crippen LogP contribution in [0.15, 0.2) is 16.2 Å². The molecule has 0 saturated carbocycles. The lowest BCUT2D eigenvalue weighted by Crippen LogP contribution is -1.79. The summed E-state index contributed by atoms with van der Waals surface area (Å²) in [4.78, 5) is 0. The molecule has 0 saturated heterocycles. The van der Waals surface area contributed by atoms with Gasteiger partial charge in [0.2, 0.25) is 0 Å². The van der Waals surface area contributed by atoms with E-state index in [4.69, 9.17) is 4.52 Å². The highest BCUT2D eigenvalue weighted by Crippen LogP contribution is 2.11. The number of thioether (sulfide) groups is 1. The first-order valence-electron chi connectivity index (χ1n) is 4.09. The van der Waals surface area contributed by atoms with Crippen molar-refractivity contribution in [2.45, 2.75) is 20.3 Å². The highest BCUT2D eigenvalue weighted by molar-refractivity contribution is 8.02. The van der Waals surface area contributed by atoms with Crippen molar-refractivity contribution in [3.8, 4) is 0 Å². The molecule has 66 valence electrons. The summed E-state index contributed by atoms with van der Waals surface area (Å²) < 4.78 is 4.86. The van der Waals surface area contributed by atoms with Gasteiger partial charge in [0, 0.05) is 5.56 Å². The van der Waals surface area contributed by atoms with Crippen LogP contribution < -0.4 is 0 Å². The number of hydrogen-bond donors (Lipinski definition) is 0. The van der Waals surface area contributed by atoms with Crippen molar-refractivity contribution in [3.63, 3.8) is 0 Å². The van der Waals surface area contributed by atoms with Crippen molar-refractivity contribution >= 4 is 17.8 Å². The van der Waals surface area contributed by atoms with E-state index >= 15 is 0 Å². The molecule has 1 heterocycles. The molecule has 1 aromatic heterocycles. The van der Waals surface area contributed by atoms with Crippen molar-refractivity contribution in [3.05, 3.63) is 22.9 Å². The summed E-state index contributed by atoms with van der Waals surface area (Å²) in [6, 6.07) is 0. The lowest BCUT2D eigenvalue weighted by molar-refractivity contribution is 0.417. The molecule has 1 rings (SSSR count). The number of aromatic nitrogens is 1. The summed E-state index contributed by atoms with van der Waals surface area (Å²) in [5, 5.41) is 5.94. The third-order valence-electron chi connectivity index (χ3n) is 1.54. The Balaban J connectivity index is 2.61. The second-order valence-corrected chi connectivity index (χ2v) is 3.52. The van der Waals surface area contributed by atoms with Crippen molar-refractivity contribution in [1.29, 1.82) is 0 Å². The Morgan fingerprint density at radius 3 is 3.08 bits per heavy atom. The van der Waals surface area contributed by atoms with Gasteiger partial charge >= 0.3 is 0 Å². The summed E-state index contributed by atoms with van der Waals surface area (Å²) in [5.74, 6) is 1.09. The van der Waals surface area contributed by atoms with Crippen LogP contribution in [-0.4, -0.2) is 10.9 Å². The lowest BCUT2D eigenvalue weighted by Gasteiger charge is -1.88. The van der Waals surface area contributed by atoms with Gasteiger partial charge in [-0.05, 0) is 23.7 Å². The highest BCUT2D eigenvalue weighted by atomic mass is 32.2. The lowest BCUT2D eigenvalue weighted by atomic mass is 10.2. The van der Waals surface area contributed by atoms with Crippen molar-refractivity contribution in [2.75, 3.05) is 5.75 Å². The molecule has 0 radical (unpaired) electrons. The van der Waals surface area contributed by atoms with E-state index < -0.39 is 0 Å². The largest absolute Gasteiger partial charge is 0.364 e. The predicted octanol–water partition coefficient (Wildman–Crippen LogP) is 2.96. The molecule has 12 heavy (non-hydrogen) atoms. The first kappa shape index (κ1) is 9.39. The topological polar surface area (TPSA) is 26.0 Å². The second kappa shape index (κ2) is 5.04. The van der Waals surface area contributed by atoms with Crippen molar-refractivity contribution in [1.82, 2.24) is 5.16 Å². The van der Waals surface area contributed by atoms with Crippen molar-refractivity contribution < 1.29 is 4.52 Å². The van der Waals surface area contributed by atoms with E-state index in [1.165, 1.54) is 5.56 Å². The SMILES string of the molecule is CCSC=Cc1nocc1CC. The van der Waals surface area contributed by atoms with Crippen LogP contribution in [0.4, 0.5) is 0 Å². The Bertz CT molecular complexity index is 255. The first-order valence-corrected chi connectivity index (χ1v) is 5.14. The van der Waals surface area contributed by atoms with Gasteiger partial charge in [0.25, 0.3) is 0 Å². The molecule has 0 amide bonds. The van der Waals surface area contributed by atoms with Crippen LogP contribution in [0.2, 0.25) is 0 Å². The fourth-order valence-corrected chi connectivity index (χ4v) is 1.29. The number of aryl methyl sites for hydroxylation is 1. The van der Waals surface area contributed by atoms with E-state index in [0.29, 0.717) is 0 Å². The normalized spacial score (nSPS) is 11.2. The van der Waals surface area contributed by atoms with Crippen LogP contribution in [0.3, 0.4) is 0 Å². The Hall–Kier alpha value is -0.700. The maximum atomic E-state index is 4.86. The molecule has 2 nitrogen and oxygen atoms in total. The third-order valence-corrected chi connectivity index (χ3v) is 2.21. The molecule has 1 aromatic rings. The maximum absolute atomic E-state index is 4.86. The first-order chi connectivity index (χ1) is 5.88. The number of nitrogens with zero attached hydrogens (tertiary/aromatic N) is 1. The van der Waals surface area contributed by atoms with Gasteiger partial charge in [-0.1, -0.05) is 19.0 Å². The highest BCUT2D eigenvalue weighted by Gasteiger charge is 2.00. The molecule has 3 heteroatoms. The summed E-state index contributed by atoms with van der Waals surface area (Å²) in [6.07, 6.45) is 4.67. The predicted molar refractivity (Wildman–Crippen MR) is 53.0 cm³/mol. The molecule has 0 aliphatic carbocycles. The Labute approximate surface area is 77.0 Å². The molecule has 0 N–H and O–H groups in total. The quantitative estimate of drug-likeness (QED) is 0.717. The molecule has 0 spiro atoms. The minimum absolute atomic E-state index is 0.957. The Morgan fingerprint density at radius 2 is 2.42 bits per heavy atom. The van der Waals surface area contributed by atoms with Crippen LogP contribution in [0.5, 0.6) is 0 Å².